The molecule has 0 heterocycles. The summed E-state index contributed by atoms with van der Waals surface area (Å²) in [5.74, 6) is 10.8. The molecule has 0 aromatic rings. The molecule has 0 aliphatic carbocycles. The summed E-state index contributed by atoms with van der Waals surface area (Å²) in [6.07, 6.45) is 14.1. The van der Waals surface area contributed by atoms with E-state index in [1.807, 2.05) is 18.2 Å². The molecule has 0 amide bonds. The van der Waals surface area contributed by atoms with E-state index in [0.717, 1.165) is 25.7 Å². The summed E-state index contributed by atoms with van der Waals surface area (Å²) in [5, 5.41) is 17.9. The van der Waals surface area contributed by atoms with Crippen molar-refractivity contribution in [1.29, 1.82) is 0 Å². The van der Waals surface area contributed by atoms with E-state index in [1.54, 1.807) is 18.2 Å². The lowest BCUT2D eigenvalue weighted by Crippen LogP contribution is -2.04. The summed E-state index contributed by atoms with van der Waals surface area (Å²) in [7, 11) is 0. The lowest BCUT2D eigenvalue weighted by atomic mass is 10.1. The summed E-state index contributed by atoms with van der Waals surface area (Å²) in [4.78, 5) is 0. The molecule has 0 spiro atoms. The van der Waals surface area contributed by atoms with Gasteiger partial charge in [-0.15, -0.1) is 0 Å². The summed E-state index contributed by atoms with van der Waals surface area (Å²) in [5.41, 5.74) is 0. The van der Waals surface area contributed by atoms with E-state index in [4.69, 9.17) is 5.11 Å². The first kappa shape index (κ1) is 17.3. The Bertz CT molecular complexity index is 408. The number of hydrogen-bond acceptors (Lipinski definition) is 2. The molecule has 0 saturated heterocycles. The van der Waals surface area contributed by atoms with E-state index in [1.165, 1.54) is 0 Å². The maximum atomic E-state index is 9.50. The highest BCUT2D eigenvalue weighted by molar-refractivity contribution is 5.34. The van der Waals surface area contributed by atoms with Crippen molar-refractivity contribution in [2.45, 2.75) is 38.7 Å². The van der Waals surface area contributed by atoms with Gasteiger partial charge in [-0.05, 0) is 43.3 Å². The summed E-state index contributed by atoms with van der Waals surface area (Å²) >= 11 is 0. The molecule has 0 bridgehead atoms. The molecule has 1 atom stereocenters. The molecule has 0 aliphatic heterocycles. The molecule has 19 heavy (non-hydrogen) atoms. The van der Waals surface area contributed by atoms with Crippen molar-refractivity contribution in [2.75, 3.05) is 6.61 Å². The predicted molar refractivity (Wildman–Crippen MR) is 80.2 cm³/mol. The molecule has 2 nitrogen and oxygen atoms in total. The molecule has 0 rings (SSSR count). The molecule has 0 aromatic carbocycles. The zero-order valence-corrected chi connectivity index (χ0v) is 11.5. The normalized spacial score (nSPS) is 12.4. The van der Waals surface area contributed by atoms with Crippen LogP contribution in [0.1, 0.15) is 32.6 Å². The van der Waals surface area contributed by atoms with Crippen LogP contribution >= 0.6 is 0 Å². The summed E-state index contributed by atoms with van der Waals surface area (Å²) in [6.45, 7) is 2.07. The van der Waals surface area contributed by atoms with Gasteiger partial charge in [-0.2, -0.15) is 0 Å². The van der Waals surface area contributed by atoms with E-state index in [9.17, 15) is 5.11 Å². The third kappa shape index (κ3) is 14.2. The van der Waals surface area contributed by atoms with Gasteiger partial charge in [0.1, 0.15) is 0 Å². The lowest BCUT2D eigenvalue weighted by molar-refractivity contribution is 0.155. The molecule has 0 aliphatic rings. The largest absolute Gasteiger partial charge is 0.393 e. The Morgan fingerprint density at radius 2 is 1.74 bits per heavy atom. The third-order valence-corrected chi connectivity index (χ3v) is 2.23. The molecule has 2 N–H and O–H groups in total. The van der Waals surface area contributed by atoms with Gasteiger partial charge in [0.15, 0.2) is 0 Å². The van der Waals surface area contributed by atoms with E-state index in [-0.39, 0.29) is 12.7 Å². The fourth-order valence-corrected chi connectivity index (χ4v) is 1.31. The SMILES string of the molecule is CCC[C@@H](O)CC/C=C/C=C/C#CC#C/C=C/CO. The smallest absolute Gasteiger partial charge is 0.0621 e. The van der Waals surface area contributed by atoms with Crippen molar-refractivity contribution in [3.05, 3.63) is 36.5 Å². The maximum Gasteiger partial charge on any atom is 0.0621 e. The molecule has 102 valence electrons. The van der Waals surface area contributed by atoms with Crippen LogP contribution in [0.5, 0.6) is 0 Å². The number of aliphatic hydroxyl groups is 2. The summed E-state index contributed by atoms with van der Waals surface area (Å²) in [6, 6.07) is 0. The Morgan fingerprint density at radius 1 is 1.00 bits per heavy atom. The molecular formula is C17H22O2. The van der Waals surface area contributed by atoms with Crippen molar-refractivity contribution < 1.29 is 10.2 Å². The van der Waals surface area contributed by atoms with Crippen molar-refractivity contribution in [3.8, 4) is 23.7 Å². The van der Waals surface area contributed by atoms with Gasteiger partial charge in [0.25, 0.3) is 0 Å². The quantitative estimate of drug-likeness (QED) is 0.544. The zero-order valence-electron chi connectivity index (χ0n) is 11.5. The Labute approximate surface area is 116 Å². The first-order valence-corrected chi connectivity index (χ1v) is 6.58. The number of allylic oxidation sites excluding steroid dienone is 5. The highest BCUT2D eigenvalue weighted by Crippen LogP contribution is 2.04. The van der Waals surface area contributed by atoms with Gasteiger partial charge in [0.2, 0.25) is 0 Å². The molecule has 0 radical (unpaired) electrons. The molecule has 0 unspecified atom stereocenters. The van der Waals surface area contributed by atoms with Crippen LogP contribution in [0.3, 0.4) is 0 Å². The average Bonchev–Trinajstić information content (AvgIpc) is 2.40. The Balaban J connectivity index is 3.75. The fraction of sp³-hybridized carbons (Fsp3) is 0.412. The van der Waals surface area contributed by atoms with Crippen LogP contribution < -0.4 is 0 Å². The van der Waals surface area contributed by atoms with Gasteiger partial charge < -0.3 is 10.2 Å². The van der Waals surface area contributed by atoms with Gasteiger partial charge >= 0.3 is 0 Å². The maximum absolute atomic E-state index is 9.50. The van der Waals surface area contributed by atoms with Crippen LogP contribution in [0.2, 0.25) is 0 Å². The van der Waals surface area contributed by atoms with Crippen LogP contribution in [0.4, 0.5) is 0 Å². The van der Waals surface area contributed by atoms with Gasteiger partial charge in [0.05, 0.1) is 12.7 Å². The molecule has 0 saturated carbocycles. The minimum Gasteiger partial charge on any atom is -0.393 e. The molecular weight excluding hydrogens is 236 g/mol. The lowest BCUT2D eigenvalue weighted by Gasteiger charge is -2.05. The molecule has 0 fully saturated rings. The second-order valence-electron chi connectivity index (χ2n) is 3.93. The van der Waals surface area contributed by atoms with Crippen LogP contribution in [0.25, 0.3) is 0 Å². The van der Waals surface area contributed by atoms with E-state index >= 15 is 0 Å². The van der Waals surface area contributed by atoms with E-state index < -0.39 is 0 Å². The number of rotatable bonds is 7. The topological polar surface area (TPSA) is 40.5 Å². The third-order valence-electron chi connectivity index (χ3n) is 2.23. The van der Waals surface area contributed by atoms with Gasteiger partial charge in [-0.1, -0.05) is 49.5 Å². The average molecular weight is 258 g/mol. The van der Waals surface area contributed by atoms with Crippen LogP contribution in [0.15, 0.2) is 36.5 Å². The van der Waals surface area contributed by atoms with Crippen LogP contribution in [0, 0.1) is 23.7 Å². The molecule has 2 heteroatoms. The van der Waals surface area contributed by atoms with Crippen molar-refractivity contribution in [3.63, 3.8) is 0 Å². The minimum absolute atomic E-state index is 0.000239. The number of hydrogen-bond donors (Lipinski definition) is 2. The van der Waals surface area contributed by atoms with Crippen LogP contribution in [-0.4, -0.2) is 22.9 Å². The predicted octanol–water partition coefficient (Wildman–Crippen LogP) is 2.60. The van der Waals surface area contributed by atoms with Gasteiger partial charge in [-0.3, -0.25) is 0 Å². The highest BCUT2D eigenvalue weighted by atomic mass is 16.3. The van der Waals surface area contributed by atoms with Crippen LogP contribution in [-0.2, 0) is 0 Å². The zero-order chi connectivity index (χ0) is 14.2. The Hall–Kier alpha value is -1.74. The van der Waals surface area contributed by atoms with Crippen molar-refractivity contribution >= 4 is 0 Å². The number of aliphatic hydroxyl groups excluding tert-OH is 2. The summed E-state index contributed by atoms with van der Waals surface area (Å²) < 4.78 is 0. The first-order valence-electron chi connectivity index (χ1n) is 6.58. The second kappa shape index (κ2) is 14.3. The van der Waals surface area contributed by atoms with Crippen molar-refractivity contribution in [1.82, 2.24) is 0 Å². The fourth-order valence-electron chi connectivity index (χ4n) is 1.31. The van der Waals surface area contributed by atoms with Gasteiger partial charge in [0, 0.05) is 0 Å². The molecule has 0 aromatic heterocycles. The Morgan fingerprint density at radius 3 is 2.42 bits per heavy atom. The first-order chi connectivity index (χ1) is 9.31. The van der Waals surface area contributed by atoms with E-state index in [2.05, 4.69) is 30.6 Å². The standard InChI is InChI=1S/C17H22O2/c1-2-14-17(19)15-12-10-8-6-4-3-5-7-9-11-13-16-18/h4,6,8,10-11,13,17-19H,2,12,14-16H2,1H3/b6-4+,10-8+,13-11+/t17-/m1/s1. The highest BCUT2D eigenvalue weighted by Gasteiger charge is 1.98. The van der Waals surface area contributed by atoms with E-state index in [0.29, 0.717) is 0 Å². The van der Waals surface area contributed by atoms with Gasteiger partial charge in [-0.25, -0.2) is 0 Å². The second-order valence-corrected chi connectivity index (χ2v) is 3.93. The minimum atomic E-state index is -0.180. The Kier molecular flexibility index (Phi) is 13.0. The van der Waals surface area contributed by atoms with Crippen molar-refractivity contribution in [2.24, 2.45) is 0 Å². The monoisotopic (exact) mass is 258 g/mol.